The number of nitrogens with one attached hydrogen (secondary N) is 2. The Kier molecular flexibility index (Phi) is 6.86. The second-order valence-electron chi connectivity index (χ2n) is 6.66. The highest BCUT2D eigenvalue weighted by atomic mass is 35.5. The van der Waals surface area contributed by atoms with Gasteiger partial charge in [-0.1, -0.05) is 18.2 Å². The molecule has 0 aromatic heterocycles. The molecule has 4 N–H and O–H groups in total. The summed E-state index contributed by atoms with van der Waals surface area (Å²) in [4.78, 5) is 12.5. The van der Waals surface area contributed by atoms with E-state index in [0.29, 0.717) is 23.7 Å². The fourth-order valence-corrected chi connectivity index (χ4v) is 3.94. The summed E-state index contributed by atoms with van der Waals surface area (Å²) >= 11 is 0. The standard InChI is InChI=1S/C19H23N3O3S.ClH/c1-13-4-2-6-16(10-13)22-26(24,25)17-7-3-5-15(11-17)19(23)21-18(12-20)14-8-9-14;/h2-7,10-11,14,18,22H,8-9,12,20H2,1H3,(H,21,23);1H. The van der Waals surface area contributed by atoms with Crippen molar-refractivity contribution in [3.63, 3.8) is 0 Å². The summed E-state index contributed by atoms with van der Waals surface area (Å²) in [5.74, 6) is 0.124. The minimum atomic E-state index is -3.78. The van der Waals surface area contributed by atoms with E-state index in [2.05, 4.69) is 10.0 Å². The third-order valence-corrected chi connectivity index (χ3v) is 5.82. The average Bonchev–Trinajstić information content (AvgIpc) is 3.44. The molecule has 1 aliphatic carbocycles. The summed E-state index contributed by atoms with van der Waals surface area (Å²) < 4.78 is 27.8. The summed E-state index contributed by atoms with van der Waals surface area (Å²) in [6, 6.07) is 13.0. The van der Waals surface area contributed by atoms with Gasteiger partial charge < -0.3 is 11.1 Å². The third kappa shape index (κ3) is 5.45. The molecule has 8 heteroatoms. The number of hydrogen-bond acceptors (Lipinski definition) is 4. The Morgan fingerprint density at radius 2 is 1.89 bits per heavy atom. The lowest BCUT2D eigenvalue weighted by Crippen LogP contribution is -2.41. The number of nitrogens with two attached hydrogens (primary N) is 1. The second-order valence-corrected chi connectivity index (χ2v) is 8.34. The maximum atomic E-state index is 12.6. The second kappa shape index (κ2) is 8.73. The van der Waals surface area contributed by atoms with Crippen molar-refractivity contribution in [1.29, 1.82) is 0 Å². The first kappa shape index (κ1) is 21.2. The zero-order valence-corrected chi connectivity index (χ0v) is 16.6. The van der Waals surface area contributed by atoms with Crippen molar-refractivity contribution >= 4 is 34.0 Å². The van der Waals surface area contributed by atoms with Crippen molar-refractivity contribution in [3.05, 3.63) is 59.7 Å². The number of aryl methyl sites for hydroxylation is 1. The van der Waals surface area contributed by atoms with E-state index in [1.54, 1.807) is 30.3 Å². The van der Waals surface area contributed by atoms with Crippen LogP contribution in [0.4, 0.5) is 5.69 Å². The molecule has 1 atom stereocenters. The minimum Gasteiger partial charge on any atom is -0.348 e. The summed E-state index contributed by atoms with van der Waals surface area (Å²) in [5, 5.41) is 2.90. The average molecular weight is 410 g/mol. The lowest BCUT2D eigenvalue weighted by Gasteiger charge is -2.16. The number of carbonyl (C=O) groups excluding carboxylic acids is 1. The van der Waals surface area contributed by atoms with E-state index in [-0.39, 0.29) is 29.3 Å². The first-order valence-electron chi connectivity index (χ1n) is 8.59. The van der Waals surface area contributed by atoms with Gasteiger partial charge in [0.15, 0.2) is 0 Å². The molecule has 1 fully saturated rings. The number of anilines is 1. The molecular weight excluding hydrogens is 386 g/mol. The molecule has 1 saturated carbocycles. The number of rotatable bonds is 7. The minimum absolute atomic E-state index is 0. The molecule has 0 radical (unpaired) electrons. The molecule has 2 aromatic carbocycles. The third-order valence-electron chi connectivity index (χ3n) is 4.44. The fraction of sp³-hybridized carbons (Fsp3) is 0.316. The van der Waals surface area contributed by atoms with Gasteiger partial charge in [-0.25, -0.2) is 8.42 Å². The molecule has 0 spiro atoms. The molecule has 6 nitrogen and oxygen atoms in total. The van der Waals surface area contributed by atoms with Crippen molar-refractivity contribution in [2.75, 3.05) is 11.3 Å². The molecule has 0 heterocycles. The lowest BCUT2D eigenvalue weighted by atomic mass is 10.1. The van der Waals surface area contributed by atoms with E-state index in [1.165, 1.54) is 12.1 Å². The topological polar surface area (TPSA) is 101 Å². The Morgan fingerprint density at radius 1 is 1.19 bits per heavy atom. The van der Waals surface area contributed by atoms with E-state index < -0.39 is 10.0 Å². The van der Waals surface area contributed by atoms with Crippen molar-refractivity contribution in [2.24, 2.45) is 11.7 Å². The van der Waals surface area contributed by atoms with Gasteiger partial charge in [-0.15, -0.1) is 12.4 Å². The summed E-state index contributed by atoms with van der Waals surface area (Å²) in [6.45, 7) is 2.26. The predicted molar refractivity (Wildman–Crippen MR) is 109 cm³/mol. The van der Waals surface area contributed by atoms with E-state index in [1.807, 2.05) is 13.0 Å². The van der Waals surface area contributed by atoms with E-state index in [9.17, 15) is 13.2 Å². The molecule has 0 bridgehead atoms. The molecule has 1 unspecified atom stereocenters. The highest BCUT2D eigenvalue weighted by molar-refractivity contribution is 7.92. The SMILES string of the molecule is Cc1cccc(NS(=O)(=O)c2cccc(C(=O)NC(CN)C3CC3)c2)c1.Cl. The van der Waals surface area contributed by atoms with Gasteiger partial charge in [0.1, 0.15) is 0 Å². The maximum Gasteiger partial charge on any atom is 0.261 e. The quantitative estimate of drug-likeness (QED) is 0.654. The number of halogens is 1. The van der Waals surface area contributed by atoms with Crippen LogP contribution < -0.4 is 15.8 Å². The van der Waals surface area contributed by atoms with Crippen molar-refractivity contribution in [3.8, 4) is 0 Å². The Labute approximate surface area is 166 Å². The number of hydrogen-bond donors (Lipinski definition) is 3. The molecule has 146 valence electrons. The molecule has 27 heavy (non-hydrogen) atoms. The van der Waals surface area contributed by atoms with Crippen molar-refractivity contribution in [1.82, 2.24) is 5.32 Å². The van der Waals surface area contributed by atoms with Crippen LogP contribution in [0.3, 0.4) is 0 Å². The molecule has 0 aliphatic heterocycles. The van der Waals surface area contributed by atoms with Gasteiger partial charge >= 0.3 is 0 Å². The van der Waals surface area contributed by atoms with Gasteiger partial charge in [-0.3, -0.25) is 9.52 Å². The van der Waals surface area contributed by atoms with Crippen LogP contribution in [-0.4, -0.2) is 26.9 Å². The van der Waals surface area contributed by atoms with Crippen LogP contribution in [-0.2, 0) is 10.0 Å². The number of carbonyl (C=O) groups is 1. The van der Waals surface area contributed by atoms with Gasteiger partial charge in [0.25, 0.3) is 15.9 Å². The summed E-state index contributed by atoms with van der Waals surface area (Å²) in [6.07, 6.45) is 2.13. The number of sulfonamides is 1. The number of benzene rings is 2. The van der Waals surface area contributed by atoms with Crippen molar-refractivity contribution in [2.45, 2.75) is 30.7 Å². The first-order chi connectivity index (χ1) is 12.4. The monoisotopic (exact) mass is 409 g/mol. The smallest absolute Gasteiger partial charge is 0.261 e. The van der Waals surface area contributed by atoms with Crippen molar-refractivity contribution < 1.29 is 13.2 Å². The Morgan fingerprint density at radius 3 is 2.52 bits per heavy atom. The molecular formula is C19H24ClN3O3S. The molecule has 1 amide bonds. The first-order valence-corrected chi connectivity index (χ1v) is 10.1. The predicted octanol–water partition coefficient (Wildman–Crippen LogP) is 2.68. The van der Waals surface area contributed by atoms with E-state index >= 15 is 0 Å². The Balaban J connectivity index is 0.00000261. The zero-order chi connectivity index (χ0) is 18.7. The fourth-order valence-electron chi connectivity index (χ4n) is 2.85. The summed E-state index contributed by atoms with van der Waals surface area (Å²) in [5.41, 5.74) is 7.45. The van der Waals surface area contributed by atoms with Crippen LogP contribution in [0.15, 0.2) is 53.4 Å². The Bertz CT molecular complexity index is 914. The molecule has 1 aliphatic rings. The van der Waals surface area contributed by atoms with Gasteiger partial charge in [0.05, 0.1) is 4.90 Å². The molecule has 2 aromatic rings. The van der Waals surface area contributed by atoms with E-state index in [0.717, 1.165) is 18.4 Å². The van der Waals surface area contributed by atoms with Crippen LogP contribution in [0.1, 0.15) is 28.8 Å². The molecule has 3 rings (SSSR count). The normalized spacial score (nSPS) is 14.7. The van der Waals surface area contributed by atoms with Crippen LogP contribution in [0.2, 0.25) is 0 Å². The highest BCUT2D eigenvalue weighted by Gasteiger charge is 2.31. The molecule has 0 saturated heterocycles. The number of amides is 1. The van der Waals surface area contributed by atoms with Crippen LogP contribution in [0, 0.1) is 12.8 Å². The van der Waals surface area contributed by atoms with E-state index in [4.69, 9.17) is 5.73 Å². The van der Waals surface area contributed by atoms with Gasteiger partial charge in [-0.2, -0.15) is 0 Å². The van der Waals surface area contributed by atoms with Gasteiger partial charge in [-0.05, 0) is 61.6 Å². The van der Waals surface area contributed by atoms with Crippen LogP contribution in [0.25, 0.3) is 0 Å². The van der Waals surface area contributed by atoms with Crippen LogP contribution >= 0.6 is 12.4 Å². The van der Waals surface area contributed by atoms with Crippen LogP contribution in [0.5, 0.6) is 0 Å². The maximum absolute atomic E-state index is 12.6. The van der Waals surface area contributed by atoms with Gasteiger partial charge in [0, 0.05) is 23.8 Å². The largest absolute Gasteiger partial charge is 0.348 e. The lowest BCUT2D eigenvalue weighted by molar-refractivity contribution is 0.0933. The zero-order valence-electron chi connectivity index (χ0n) is 15.0. The van der Waals surface area contributed by atoms with Gasteiger partial charge in [0.2, 0.25) is 0 Å². The highest BCUT2D eigenvalue weighted by Crippen LogP contribution is 2.32. The Hall–Kier alpha value is -2.09. The summed E-state index contributed by atoms with van der Waals surface area (Å²) in [7, 11) is -3.78.